The highest BCUT2D eigenvalue weighted by Crippen LogP contribution is 2.32. The first kappa shape index (κ1) is 13.7. The van der Waals surface area contributed by atoms with Crippen LogP contribution < -0.4 is 10.1 Å². The Balaban J connectivity index is 2.23. The molecule has 0 aliphatic rings. The second-order valence-electron chi connectivity index (χ2n) is 3.80. The molecule has 0 bridgehead atoms. The van der Waals surface area contributed by atoms with Crippen molar-refractivity contribution < 1.29 is 9.13 Å². The van der Waals surface area contributed by atoms with Crippen LogP contribution in [0.1, 0.15) is 13.3 Å². The molecule has 1 aromatic heterocycles. The fraction of sp³-hybridized carbons (Fsp3) is 0.231. The molecule has 1 aromatic carbocycles. The van der Waals surface area contributed by atoms with Gasteiger partial charge in [-0.2, -0.15) is 0 Å². The summed E-state index contributed by atoms with van der Waals surface area (Å²) in [6, 6.07) is 6.18. The second-order valence-corrected chi connectivity index (χ2v) is 4.59. The lowest BCUT2D eigenvalue weighted by Gasteiger charge is -2.10. The number of halogens is 2. The number of aromatic nitrogens is 2. The fourth-order valence-electron chi connectivity index (χ4n) is 1.42. The Morgan fingerprint density at radius 1 is 1.32 bits per heavy atom. The van der Waals surface area contributed by atoms with Crippen LogP contribution in [-0.2, 0) is 0 Å². The molecule has 0 fully saturated rings. The van der Waals surface area contributed by atoms with E-state index in [1.54, 1.807) is 18.2 Å². The number of nitrogens with zero attached hydrogens (tertiary/aromatic N) is 2. The minimum atomic E-state index is -0.434. The van der Waals surface area contributed by atoms with Gasteiger partial charge in [0.15, 0.2) is 11.6 Å². The molecule has 1 N–H and O–H groups in total. The molecule has 100 valence electrons. The zero-order chi connectivity index (χ0) is 13.7. The van der Waals surface area contributed by atoms with Crippen LogP contribution in [0.4, 0.5) is 10.2 Å². The largest absolute Gasteiger partial charge is 0.435 e. The van der Waals surface area contributed by atoms with Crippen molar-refractivity contribution in [3.63, 3.8) is 0 Å². The molecule has 1 heterocycles. The smallest absolute Gasteiger partial charge is 0.239 e. The Kier molecular flexibility index (Phi) is 4.68. The number of hydrogen-bond acceptors (Lipinski definition) is 4. The molecule has 0 saturated carbocycles. The minimum absolute atomic E-state index is 0.128. The number of ether oxygens (including phenoxy) is 1. The molecule has 0 spiro atoms. The number of para-hydroxylation sites is 1. The number of anilines is 1. The summed E-state index contributed by atoms with van der Waals surface area (Å²) >= 11 is 3.36. The summed E-state index contributed by atoms with van der Waals surface area (Å²) in [7, 11) is 0. The molecule has 6 heteroatoms. The summed E-state index contributed by atoms with van der Waals surface area (Å²) in [6.07, 6.45) is 2.35. The molecule has 0 radical (unpaired) electrons. The summed E-state index contributed by atoms with van der Waals surface area (Å²) < 4.78 is 19.5. The predicted molar refractivity (Wildman–Crippen MR) is 75.0 cm³/mol. The quantitative estimate of drug-likeness (QED) is 0.902. The third-order valence-electron chi connectivity index (χ3n) is 2.34. The van der Waals surface area contributed by atoms with Crippen molar-refractivity contribution in [2.75, 3.05) is 11.9 Å². The highest BCUT2D eigenvalue weighted by Gasteiger charge is 2.12. The zero-order valence-corrected chi connectivity index (χ0v) is 11.9. The maximum Gasteiger partial charge on any atom is 0.239 e. The third kappa shape index (κ3) is 3.41. The van der Waals surface area contributed by atoms with Gasteiger partial charge in [0, 0.05) is 6.54 Å². The van der Waals surface area contributed by atoms with E-state index in [0.29, 0.717) is 10.3 Å². The van der Waals surface area contributed by atoms with E-state index >= 15 is 0 Å². The predicted octanol–water partition coefficient (Wildman–Crippen LogP) is 3.99. The summed E-state index contributed by atoms with van der Waals surface area (Å²) in [4.78, 5) is 8.09. The number of benzene rings is 1. The summed E-state index contributed by atoms with van der Waals surface area (Å²) in [5.74, 6) is 0.598. The van der Waals surface area contributed by atoms with Crippen LogP contribution in [0.2, 0.25) is 0 Å². The van der Waals surface area contributed by atoms with Gasteiger partial charge in [0.1, 0.15) is 16.6 Å². The van der Waals surface area contributed by atoms with Gasteiger partial charge in [-0.25, -0.2) is 14.4 Å². The fourth-order valence-corrected chi connectivity index (χ4v) is 1.85. The lowest BCUT2D eigenvalue weighted by Crippen LogP contribution is -2.04. The summed E-state index contributed by atoms with van der Waals surface area (Å²) in [5, 5.41) is 3.13. The maximum absolute atomic E-state index is 13.5. The van der Waals surface area contributed by atoms with Crippen molar-refractivity contribution in [3.8, 4) is 11.6 Å². The Labute approximate surface area is 119 Å². The average molecular weight is 326 g/mol. The lowest BCUT2D eigenvalue weighted by molar-refractivity contribution is 0.424. The minimum Gasteiger partial charge on any atom is -0.435 e. The van der Waals surface area contributed by atoms with Gasteiger partial charge in [-0.15, -0.1) is 0 Å². The van der Waals surface area contributed by atoms with Gasteiger partial charge in [0.25, 0.3) is 0 Å². The Hall–Kier alpha value is -1.69. The van der Waals surface area contributed by atoms with Crippen LogP contribution in [0.5, 0.6) is 11.6 Å². The number of nitrogens with one attached hydrogen (secondary N) is 1. The van der Waals surface area contributed by atoms with Gasteiger partial charge in [-0.1, -0.05) is 19.1 Å². The van der Waals surface area contributed by atoms with Gasteiger partial charge in [0.2, 0.25) is 5.88 Å². The molecule has 2 aromatic rings. The van der Waals surface area contributed by atoms with Gasteiger partial charge >= 0.3 is 0 Å². The molecule has 0 atom stereocenters. The molecular weight excluding hydrogens is 313 g/mol. The molecule has 0 unspecified atom stereocenters. The Bertz CT molecular complexity index is 565. The van der Waals surface area contributed by atoms with Crippen molar-refractivity contribution in [1.82, 2.24) is 9.97 Å². The maximum atomic E-state index is 13.5. The summed E-state index contributed by atoms with van der Waals surface area (Å²) in [5.41, 5.74) is 0. The van der Waals surface area contributed by atoms with Crippen molar-refractivity contribution in [2.24, 2.45) is 0 Å². The molecule has 0 saturated heterocycles. The van der Waals surface area contributed by atoms with Crippen LogP contribution in [-0.4, -0.2) is 16.5 Å². The third-order valence-corrected chi connectivity index (χ3v) is 3.06. The Morgan fingerprint density at radius 3 is 2.84 bits per heavy atom. The lowest BCUT2D eigenvalue weighted by atomic mass is 10.3. The second kappa shape index (κ2) is 6.47. The van der Waals surface area contributed by atoms with E-state index in [4.69, 9.17) is 4.74 Å². The van der Waals surface area contributed by atoms with Crippen LogP contribution in [0.3, 0.4) is 0 Å². The van der Waals surface area contributed by atoms with Crippen molar-refractivity contribution in [1.29, 1.82) is 0 Å². The van der Waals surface area contributed by atoms with Crippen molar-refractivity contribution in [2.45, 2.75) is 13.3 Å². The van der Waals surface area contributed by atoms with Gasteiger partial charge in [-0.05, 0) is 34.5 Å². The van der Waals surface area contributed by atoms with Gasteiger partial charge in [0.05, 0.1) is 0 Å². The molecule has 19 heavy (non-hydrogen) atoms. The Morgan fingerprint density at radius 2 is 2.11 bits per heavy atom. The number of rotatable bonds is 5. The van der Waals surface area contributed by atoms with E-state index in [2.05, 4.69) is 38.1 Å². The van der Waals surface area contributed by atoms with E-state index in [1.165, 1.54) is 12.4 Å². The summed E-state index contributed by atoms with van der Waals surface area (Å²) in [6.45, 7) is 2.84. The topological polar surface area (TPSA) is 47.0 Å². The monoisotopic (exact) mass is 325 g/mol. The average Bonchev–Trinajstić information content (AvgIpc) is 2.42. The van der Waals surface area contributed by atoms with E-state index in [9.17, 15) is 4.39 Å². The van der Waals surface area contributed by atoms with E-state index < -0.39 is 5.82 Å². The first-order valence-corrected chi connectivity index (χ1v) is 6.68. The van der Waals surface area contributed by atoms with Crippen LogP contribution >= 0.6 is 15.9 Å². The number of hydrogen-bond donors (Lipinski definition) is 1. The van der Waals surface area contributed by atoms with Crippen molar-refractivity contribution in [3.05, 3.63) is 40.9 Å². The van der Waals surface area contributed by atoms with E-state index in [0.717, 1.165) is 13.0 Å². The van der Waals surface area contributed by atoms with Gasteiger partial charge < -0.3 is 10.1 Å². The molecular formula is C13H13BrFN3O. The highest BCUT2D eigenvalue weighted by molar-refractivity contribution is 9.10. The molecule has 0 amide bonds. The highest BCUT2D eigenvalue weighted by atomic mass is 79.9. The van der Waals surface area contributed by atoms with Crippen molar-refractivity contribution >= 4 is 21.7 Å². The molecule has 0 aliphatic carbocycles. The molecule has 0 aliphatic heterocycles. The van der Waals surface area contributed by atoms with Crippen LogP contribution in [0.15, 0.2) is 35.1 Å². The standard InChI is InChI=1S/C13H13BrFN3O/c1-2-7-16-12-11(14)13(18-8-17-12)19-10-6-4-3-5-9(10)15/h3-6,8H,2,7H2,1H3,(H,16,17,18). The SMILES string of the molecule is CCCNc1ncnc(Oc2ccccc2F)c1Br. The molecule has 2 rings (SSSR count). The van der Waals surface area contributed by atoms with E-state index in [-0.39, 0.29) is 11.6 Å². The normalized spacial score (nSPS) is 10.3. The zero-order valence-electron chi connectivity index (χ0n) is 10.4. The molecule has 4 nitrogen and oxygen atoms in total. The van der Waals surface area contributed by atoms with Crippen LogP contribution in [0, 0.1) is 5.82 Å². The van der Waals surface area contributed by atoms with Gasteiger partial charge in [-0.3, -0.25) is 0 Å². The van der Waals surface area contributed by atoms with E-state index in [1.807, 2.05) is 0 Å². The van der Waals surface area contributed by atoms with Crippen LogP contribution in [0.25, 0.3) is 0 Å². The first-order valence-electron chi connectivity index (χ1n) is 5.89. The first-order chi connectivity index (χ1) is 9.22.